The number of aromatic nitrogens is 1. The molecule has 56 heavy (non-hydrogen) atoms. The second-order valence-corrected chi connectivity index (χ2v) is 17.7. The molecule has 300 valence electrons. The van der Waals surface area contributed by atoms with Gasteiger partial charge in [-0.2, -0.15) is 5.26 Å². The van der Waals surface area contributed by atoms with Gasteiger partial charge in [-0.05, 0) is 73.6 Å². The van der Waals surface area contributed by atoms with Crippen molar-refractivity contribution in [3.63, 3.8) is 0 Å². The first-order chi connectivity index (χ1) is 26.8. The van der Waals surface area contributed by atoms with Crippen LogP contribution in [0.5, 0.6) is 0 Å². The van der Waals surface area contributed by atoms with E-state index < -0.39 is 17.0 Å². The van der Waals surface area contributed by atoms with Gasteiger partial charge < -0.3 is 24.2 Å². The van der Waals surface area contributed by atoms with Crippen molar-refractivity contribution in [1.29, 1.82) is 5.26 Å². The van der Waals surface area contributed by atoms with Crippen LogP contribution in [-0.2, 0) is 36.8 Å². The van der Waals surface area contributed by atoms with Crippen molar-refractivity contribution in [2.75, 3.05) is 32.6 Å². The van der Waals surface area contributed by atoms with Gasteiger partial charge in [0.15, 0.2) is 0 Å². The predicted octanol–water partition coefficient (Wildman–Crippen LogP) is 6.20. The molecule has 1 aliphatic carbocycles. The summed E-state index contributed by atoms with van der Waals surface area (Å²) < 4.78 is 14.5. The number of nitrogens with zero attached hydrogens (tertiary/aromatic N) is 5. The van der Waals surface area contributed by atoms with Crippen LogP contribution in [-0.4, -0.2) is 89.2 Å². The number of ether oxygens (including phenoxy) is 2. The maximum atomic E-state index is 14.3. The normalized spacial score (nSPS) is 28.9. The summed E-state index contributed by atoms with van der Waals surface area (Å²) in [5.41, 5.74) is 7.33. The van der Waals surface area contributed by atoms with Crippen molar-refractivity contribution in [2.24, 2.45) is 33.2 Å². The number of methoxy groups -OCH3 is 1. The molecule has 6 rings (SSSR count). The zero-order chi connectivity index (χ0) is 40.4. The molecule has 3 aliphatic heterocycles. The summed E-state index contributed by atoms with van der Waals surface area (Å²) >= 11 is 1.61. The lowest BCUT2D eigenvalue weighted by Gasteiger charge is -2.41. The molecular weight excluding hydrogens is 727 g/mol. The van der Waals surface area contributed by atoms with Gasteiger partial charge in [-0.15, -0.1) is 11.8 Å². The first-order valence-electron chi connectivity index (χ1n) is 19.8. The second-order valence-electron chi connectivity index (χ2n) is 16.6. The van der Waals surface area contributed by atoms with Gasteiger partial charge in [0.05, 0.1) is 54.3 Å². The number of nitrogens with one attached hydrogen (secondary N) is 2. The number of aryl methyl sites for hydroxylation is 1. The topological polar surface area (TPSA) is 150 Å². The molecule has 0 spiro atoms. The molecule has 2 fully saturated rings. The fraction of sp³-hybridized carbons (Fsp3) is 0.581. The number of hydrazine groups is 1. The monoisotopic (exact) mass is 783 g/mol. The maximum Gasteiger partial charge on any atom is 0.259 e. The van der Waals surface area contributed by atoms with Crippen molar-refractivity contribution >= 4 is 57.6 Å². The van der Waals surface area contributed by atoms with Crippen LogP contribution >= 0.6 is 11.8 Å². The summed E-state index contributed by atoms with van der Waals surface area (Å²) in [6, 6.07) is 7.79. The Hall–Kier alpha value is -4.09. The third-order valence-electron chi connectivity index (χ3n) is 12.0. The smallest absolute Gasteiger partial charge is 0.259 e. The SMILES string of the molecule is C=C/C(=C(\N=C/C)[C@H](C)OC)c1c2c3cc(ccc3n1CCC#N)C1CSC(=N1)C[C@H](NC(=O)[C@H]1[C@H](C)[C@@H]1C)C(=O)N1CCC[C@](C=O)(COCC(C)(C)C2)N1. The molecule has 4 heterocycles. The highest BCUT2D eigenvalue weighted by molar-refractivity contribution is 8.14. The quantitative estimate of drug-likeness (QED) is 0.164. The minimum absolute atomic E-state index is 0.0710. The number of allylic oxidation sites excluding steroid dienone is 2. The van der Waals surface area contributed by atoms with Gasteiger partial charge in [0.1, 0.15) is 17.9 Å². The van der Waals surface area contributed by atoms with E-state index in [9.17, 15) is 19.6 Å². The van der Waals surface area contributed by atoms with Crippen LogP contribution in [0.1, 0.15) is 90.1 Å². The molecule has 12 nitrogen and oxygen atoms in total. The number of hydrogen-bond donors (Lipinski definition) is 2. The van der Waals surface area contributed by atoms with Gasteiger partial charge >= 0.3 is 0 Å². The molecule has 7 atom stereocenters. The number of benzene rings is 1. The lowest BCUT2D eigenvalue weighted by Crippen LogP contribution is -2.66. The van der Waals surface area contributed by atoms with Crippen LogP contribution in [0.2, 0.25) is 0 Å². The summed E-state index contributed by atoms with van der Waals surface area (Å²) in [4.78, 5) is 50.6. The summed E-state index contributed by atoms with van der Waals surface area (Å²) in [5, 5.41) is 16.2. The van der Waals surface area contributed by atoms with E-state index in [1.807, 2.05) is 19.9 Å². The lowest BCUT2D eigenvalue weighted by atomic mass is 9.84. The number of thioether (sulfide) groups is 1. The standard InChI is InChI=1S/C43H57N7O5S/c1-9-30(38(45-10-2)28(5)54-8)39-32-21-42(6,7)24-55-25-43(23-51)15-11-18-50(48-43)41(53)33(47-40(52)37-26(3)27(37)4)20-36-46-34(22-56-36)29-13-14-35(31(32)19-29)49(39)17-12-16-44/h9-10,13-14,19,23,26-28,33-34,37,48H,1,11-12,15,17-18,20-22,24-25H2,2-8H3,(H,47,52)/b38-30+,45-10-/t26-,27+,28-,33-,34?,37+,43-/m0/s1. The number of amides is 2. The molecule has 1 saturated heterocycles. The molecule has 1 aromatic carbocycles. The highest BCUT2D eigenvalue weighted by atomic mass is 32.2. The van der Waals surface area contributed by atoms with Gasteiger partial charge in [0, 0.05) is 61.0 Å². The van der Waals surface area contributed by atoms with Crippen molar-refractivity contribution in [3.8, 4) is 6.07 Å². The number of hydrogen-bond acceptors (Lipinski definition) is 10. The van der Waals surface area contributed by atoms with E-state index in [1.54, 1.807) is 25.1 Å². The van der Waals surface area contributed by atoms with Crippen LogP contribution in [0.15, 0.2) is 46.5 Å². The molecule has 2 amide bonds. The average Bonchev–Trinajstić information content (AvgIpc) is 3.45. The summed E-state index contributed by atoms with van der Waals surface area (Å²) in [5.74, 6) is 0.671. The highest BCUT2D eigenvalue weighted by Crippen LogP contribution is 2.46. The molecule has 1 unspecified atom stereocenters. The van der Waals surface area contributed by atoms with Crippen molar-refractivity contribution in [3.05, 3.63) is 53.4 Å². The van der Waals surface area contributed by atoms with Gasteiger partial charge in [-0.3, -0.25) is 24.6 Å². The maximum absolute atomic E-state index is 14.3. The van der Waals surface area contributed by atoms with Crippen LogP contribution in [0, 0.1) is 34.5 Å². The Labute approximate surface area is 335 Å². The summed E-state index contributed by atoms with van der Waals surface area (Å²) in [6.07, 6.45) is 6.39. The van der Waals surface area contributed by atoms with E-state index in [0.717, 1.165) is 50.3 Å². The molecule has 1 saturated carbocycles. The number of nitriles is 1. The van der Waals surface area contributed by atoms with Crippen LogP contribution < -0.4 is 10.7 Å². The fourth-order valence-electron chi connectivity index (χ4n) is 8.53. The third-order valence-corrected chi connectivity index (χ3v) is 13.0. The number of aldehydes is 1. The summed E-state index contributed by atoms with van der Waals surface area (Å²) in [6.45, 7) is 17.8. The second kappa shape index (κ2) is 17.2. The number of aliphatic imine (C=N–C) groups is 2. The van der Waals surface area contributed by atoms with Gasteiger partial charge in [-0.25, -0.2) is 5.43 Å². The molecule has 6 bridgehead atoms. The Balaban J connectivity index is 1.51. The van der Waals surface area contributed by atoms with Gasteiger partial charge in [0.25, 0.3) is 5.91 Å². The third kappa shape index (κ3) is 8.44. The van der Waals surface area contributed by atoms with E-state index in [2.05, 4.69) is 73.9 Å². The van der Waals surface area contributed by atoms with Crippen LogP contribution in [0.25, 0.3) is 16.5 Å². The minimum atomic E-state index is -1.11. The van der Waals surface area contributed by atoms with E-state index in [4.69, 9.17) is 19.5 Å². The molecule has 13 heteroatoms. The first kappa shape index (κ1) is 41.5. The zero-order valence-corrected chi connectivity index (χ0v) is 34.7. The molecule has 2 N–H and O–H groups in total. The van der Waals surface area contributed by atoms with E-state index in [0.29, 0.717) is 51.1 Å². The summed E-state index contributed by atoms with van der Waals surface area (Å²) in [7, 11) is 1.66. The molecule has 2 aromatic rings. The molecule has 1 aromatic heterocycles. The number of fused-ring (bicyclic) bond motifs is 5. The van der Waals surface area contributed by atoms with E-state index >= 15 is 0 Å². The zero-order valence-electron chi connectivity index (χ0n) is 33.9. The Morgan fingerprint density at radius 3 is 2.73 bits per heavy atom. The van der Waals surface area contributed by atoms with Gasteiger partial charge in [-0.1, -0.05) is 46.4 Å². The van der Waals surface area contributed by atoms with Crippen molar-refractivity contribution < 1.29 is 23.9 Å². The molecular formula is C43H57N7O5S. The predicted molar refractivity (Wildman–Crippen MR) is 222 cm³/mol. The minimum Gasteiger partial charge on any atom is -0.378 e. The van der Waals surface area contributed by atoms with E-state index in [-0.39, 0.29) is 54.7 Å². The highest BCUT2D eigenvalue weighted by Gasteiger charge is 2.49. The van der Waals surface area contributed by atoms with Crippen molar-refractivity contribution in [1.82, 2.24) is 20.3 Å². The Bertz CT molecular complexity index is 1990. The largest absolute Gasteiger partial charge is 0.378 e. The van der Waals surface area contributed by atoms with Gasteiger partial charge in [0.2, 0.25) is 5.91 Å². The average molecular weight is 784 g/mol. The lowest BCUT2D eigenvalue weighted by molar-refractivity contribution is -0.147. The number of carbonyl (C=O) groups is 3. The van der Waals surface area contributed by atoms with Crippen molar-refractivity contribution in [2.45, 2.75) is 104 Å². The molecule has 4 aliphatic rings. The first-order valence-corrected chi connectivity index (χ1v) is 20.8. The number of rotatable bonds is 10. The fourth-order valence-corrected chi connectivity index (χ4v) is 9.64. The van der Waals surface area contributed by atoms with Crippen LogP contribution in [0.4, 0.5) is 0 Å². The van der Waals surface area contributed by atoms with E-state index in [1.165, 1.54) is 5.01 Å². The van der Waals surface area contributed by atoms with Crippen LogP contribution in [0.3, 0.4) is 0 Å². The number of carbonyl (C=O) groups excluding carboxylic acids is 3. The Morgan fingerprint density at radius 1 is 1.30 bits per heavy atom. The molecule has 0 radical (unpaired) electrons. The Morgan fingerprint density at radius 2 is 2.07 bits per heavy atom. The Kier molecular flexibility index (Phi) is 12.7.